The lowest BCUT2D eigenvalue weighted by Gasteiger charge is -2.21. The smallest absolute Gasteiger partial charge is 0.325 e. The highest BCUT2D eigenvalue weighted by atomic mass is 16.5. The molecule has 6 heteroatoms. The fraction of sp³-hybridized carbons (Fsp3) is 0.615. The highest BCUT2D eigenvalue weighted by molar-refractivity contribution is 5.75. The number of hydrogen-bond donors (Lipinski definition) is 0. The third-order valence-electron chi connectivity index (χ3n) is 2.29. The maximum atomic E-state index is 11.5. The first kappa shape index (κ1) is 15.2. The molecule has 0 aliphatic carbocycles. The second-order valence-corrected chi connectivity index (χ2v) is 4.20. The van der Waals surface area contributed by atoms with E-state index in [9.17, 15) is 4.79 Å². The number of nitrogens with zero attached hydrogens (tertiary/aromatic N) is 3. The molecule has 0 aliphatic heterocycles. The number of aromatic nitrogens is 2. The standard InChI is InChI=1S/C13H21N3O3/c1-5-16(9-13(17)18-6-2)11-7-14-8-12(15-11)19-10(3)4/h7-8,10H,5-6,9H2,1-4H3. The number of carbonyl (C=O) groups is 1. The molecule has 0 amide bonds. The minimum Gasteiger partial charge on any atom is -0.474 e. The first-order chi connectivity index (χ1) is 9.06. The van der Waals surface area contributed by atoms with Gasteiger partial charge in [-0.25, -0.2) is 0 Å². The lowest BCUT2D eigenvalue weighted by Crippen LogP contribution is -2.31. The predicted molar refractivity (Wildman–Crippen MR) is 72.3 cm³/mol. The van der Waals surface area contributed by atoms with Crippen molar-refractivity contribution in [2.24, 2.45) is 0 Å². The van der Waals surface area contributed by atoms with Crippen molar-refractivity contribution in [1.82, 2.24) is 9.97 Å². The second kappa shape index (κ2) is 7.56. The molecule has 0 fully saturated rings. The van der Waals surface area contributed by atoms with Gasteiger partial charge in [0, 0.05) is 6.54 Å². The van der Waals surface area contributed by atoms with E-state index in [1.807, 2.05) is 20.8 Å². The van der Waals surface area contributed by atoms with Gasteiger partial charge in [0.25, 0.3) is 0 Å². The number of likely N-dealkylation sites (N-methyl/N-ethyl adjacent to an activating group) is 1. The van der Waals surface area contributed by atoms with E-state index in [1.165, 1.54) is 0 Å². The Kier molecular flexibility index (Phi) is 6.05. The van der Waals surface area contributed by atoms with Crippen LogP contribution < -0.4 is 9.64 Å². The summed E-state index contributed by atoms with van der Waals surface area (Å²) in [6.07, 6.45) is 3.20. The average Bonchev–Trinajstić information content (AvgIpc) is 2.35. The summed E-state index contributed by atoms with van der Waals surface area (Å²) in [4.78, 5) is 21.7. The van der Waals surface area contributed by atoms with Gasteiger partial charge in [0.15, 0.2) is 5.82 Å². The minimum atomic E-state index is -0.277. The topological polar surface area (TPSA) is 64.5 Å². The number of ether oxygens (including phenoxy) is 2. The second-order valence-electron chi connectivity index (χ2n) is 4.20. The van der Waals surface area contributed by atoms with Crippen molar-refractivity contribution in [3.8, 4) is 5.88 Å². The number of rotatable bonds is 7. The molecule has 0 atom stereocenters. The normalized spacial score (nSPS) is 10.4. The SMILES string of the molecule is CCOC(=O)CN(CC)c1cncc(OC(C)C)n1. The molecule has 19 heavy (non-hydrogen) atoms. The van der Waals surface area contributed by atoms with Crippen LogP contribution in [0.5, 0.6) is 5.88 Å². The molecule has 0 spiro atoms. The Labute approximate surface area is 113 Å². The number of esters is 1. The van der Waals surface area contributed by atoms with E-state index >= 15 is 0 Å². The highest BCUT2D eigenvalue weighted by Crippen LogP contribution is 2.14. The van der Waals surface area contributed by atoms with Gasteiger partial charge in [0.05, 0.1) is 25.1 Å². The van der Waals surface area contributed by atoms with Crippen molar-refractivity contribution in [3.05, 3.63) is 12.4 Å². The zero-order valence-electron chi connectivity index (χ0n) is 11.9. The zero-order chi connectivity index (χ0) is 14.3. The molecule has 0 aromatic carbocycles. The fourth-order valence-corrected chi connectivity index (χ4v) is 1.51. The first-order valence-electron chi connectivity index (χ1n) is 6.46. The zero-order valence-corrected chi connectivity index (χ0v) is 11.9. The number of anilines is 1. The van der Waals surface area contributed by atoms with E-state index in [-0.39, 0.29) is 18.6 Å². The van der Waals surface area contributed by atoms with Crippen LogP contribution in [0.25, 0.3) is 0 Å². The van der Waals surface area contributed by atoms with Gasteiger partial charge < -0.3 is 14.4 Å². The van der Waals surface area contributed by atoms with Crippen molar-refractivity contribution in [1.29, 1.82) is 0 Å². The Hall–Kier alpha value is -1.85. The molecule has 1 rings (SSSR count). The fourth-order valence-electron chi connectivity index (χ4n) is 1.51. The van der Waals surface area contributed by atoms with Crippen molar-refractivity contribution in [2.75, 3.05) is 24.6 Å². The average molecular weight is 267 g/mol. The summed E-state index contributed by atoms with van der Waals surface area (Å²) < 4.78 is 10.4. The Balaban J connectivity index is 2.77. The summed E-state index contributed by atoms with van der Waals surface area (Å²) in [5.74, 6) is 0.782. The molecule has 0 aliphatic rings. The summed E-state index contributed by atoms with van der Waals surface area (Å²) in [7, 11) is 0. The van der Waals surface area contributed by atoms with Crippen LogP contribution in [0.15, 0.2) is 12.4 Å². The predicted octanol–water partition coefficient (Wildman–Crippen LogP) is 1.65. The lowest BCUT2D eigenvalue weighted by molar-refractivity contribution is -0.141. The molecule has 0 unspecified atom stereocenters. The third kappa shape index (κ3) is 5.11. The van der Waals surface area contributed by atoms with Crippen LogP contribution >= 0.6 is 0 Å². The van der Waals surface area contributed by atoms with E-state index in [0.29, 0.717) is 24.8 Å². The van der Waals surface area contributed by atoms with Crippen LogP contribution in [0.1, 0.15) is 27.7 Å². The molecule has 0 radical (unpaired) electrons. The van der Waals surface area contributed by atoms with Gasteiger partial charge in [0.1, 0.15) is 6.54 Å². The van der Waals surface area contributed by atoms with Crippen molar-refractivity contribution in [2.45, 2.75) is 33.8 Å². The molecule has 0 saturated heterocycles. The molecule has 6 nitrogen and oxygen atoms in total. The summed E-state index contributed by atoms with van der Waals surface area (Å²) in [6.45, 7) is 8.73. The molecular formula is C13H21N3O3. The van der Waals surface area contributed by atoms with Crippen LogP contribution in [-0.2, 0) is 9.53 Å². The largest absolute Gasteiger partial charge is 0.474 e. The monoisotopic (exact) mass is 267 g/mol. The lowest BCUT2D eigenvalue weighted by atomic mass is 10.4. The van der Waals surface area contributed by atoms with Crippen LogP contribution in [0.2, 0.25) is 0 Å². The van der Waals surface area contributed by atoms with Crippen molar-refractivity contribution >= 4 is 11.8 Å². The molecule has 106 valence electrons. The summed E-state index contributed by atoms with van der Waals surface area (Å²) in [5, 5.41) is 0. The van der Waals surface area contributed by atoms with Gasteiger partial charge in [0.2, 0.25) is 5.88 Å². The Morgan fingerprint density at radius 1 is 1.37 bits per heavy atom. The van der Waals surface area contributed by atoms with E-state index in [2.05, 4.69) is 9.97 Å². The maximum Gasteiger partial charge on any atom is 0.325 e. The number of hydrogen-bond acceptors (Lipinski definition) is 6. The summed E-state index contributed by atoms with van der Waals surface area (Å²) >= 11 is 0. The van der Waals surface area contributed by atoms with Crippen LogP contribution in [-0.4, -0.2) is 41.7 Å². The van der Waals surface area contributed by atoms with E-state index in [4.69, 9.17) is 9.47 Å². The van der Waals surface area contributed by atoms with Gasteiger partial charge in [-0.1, -0.05) is 0 Å². The van der Waals surface area contributed by atoms with Gasteiger partial charge in [-0.05, 0) is 27.7 Å². The quantitative estimate of drug-likeness (QED) is 0.700. The Bertz CT molecular complexity index is 410. The molecule has 1 aromatic heterocycles. The van der Waals surface area contributed by atoms with Gasteiger partial charge in [-0.3, -0.25) is 9.78 Å². The van der Waals surface area contributed by atoms with Gasteiger partial charge in [-0.15, -0.1) is 0 Å². The third-order valence-corrected chi connectivity index (χ3v) is 2.29. The molecule has 0 bridgehead atoms. The summed E-state index contributed by atoms with van der Waals surface area (Å²) in [6, 6.07) is 0. The van der Waals surface area contributed by atoms with E-state index < -0.39 is 0 Å². The Morgan fingerprint density at radius 3 is 2.68 bits per heavy atom. The van der Waals surface area contributed by atoms with E-state index in [0.717, 1.165) is 0 Å². The molecule has 0 N–H and O–H groups in total. The van der Waals surface area contributed by atoms with Gasteiger partial charge in [-0.2, -0.15) is 4.98 Å². The molecule has 1 aromatic rings. The molecule has 1 heterocycles. The Morgan fingerprint density at radius 2 is 2.11 bits per heavy atom. The van der Waals surface area contributed by atoms with Gasteiger partial charge >= 0.3 is 5.97 Å². The summed E-state index contributed by atoms with van der Waals surface area (Å²) in [5.41, 5.74) is 0. The molecule has 0 saturated carbocycles. The maximum absolute atomic E-state index is 11.5. The van der Waals surface area contributed by atoms with Crippen LogP contribution in [0, 0.1) is 0 Å². The number of carbonyl (C=O) groups excluding carboxylic acids is 1. The van der Waals surface area contributed by atoms with Crippen molar-refractivity contribution in [3.63, 3.8) is 0 Å². The van der Waals surface area contributed by atoms with Crippen molar-refractivity contribution < 1.29 is 14.3 Å². The van der Waals surface area contributed by atoms with E-state index in [1.54, 1.807) is 24.2 Å². The minimum absolute atomic E-state index is 0.0321. The van der Waals surface area contributed by atoms with Crippen LogP contribution in [0.4, 0.5) is 5.82 Å². The first-order valence-corrected chi connectivity index (χ1v) is 6.46. The highest BCUT2D eigenvalue weighted by Gasteiger charge is 2.13. The van der Waals surface area contributed by atoms with Crippen LogP contribution in [0.3, 0.4) is 0 Å². The molecular weight excluding hydrogens is 246 g/mol.